The van der Waals surface area contributed by atoms with Crippen LogP contribution in [0.2, 0.25) is 5.02 Å². The summed E-state index contributed by atoms with van der Waals surface area (Å²) < 4.78 is 74.7. The van der Waals surface area contributed by atoms with Crippen LogP contribution in [0, 0.1) is 0 Å². The van der Waals surface area contributed by atoms with E-state index in [2.05, 4.69) is 5.32 Å². The van der Waals surface area contributed by atoms with Crippen molar-refractivity contribution in [3.8, 4) is 5.75 Å². The molecule has 1 atom stereocenters. The van der Waals surface area contributed by atoms with E-state index in [0.717, 1.165) is 18.6 Å². The Morgan fingerprint density at radius 1 is 1.00 bits per heavy atom. The maximum atomic E-state index is 14.1. The number of carbonyl (C=O) groups excluding carboxylic acids is 2. The summed E-state index contributed by atoms with van der Waals surface area (Å²) >= 11 is 6.29. The van der Waals surface area contributed by atoms with Gasteiger partial charge in [0.1, 0.15) is 18.3 Å². The second kappa shape index (κ2) is 15.3. The zero-order valence-corrected chi connectivity index (χ0v) is 26.2. The number of sulfonamides is 1. The van der Waals surface area contributed by atoms with Gasteiger partial charge in [0, 0.05) is 13.1 Å². The number of nitrogens with zero attached hydrogens (tertiary/aromatic N) is 2. The van der Waals surface area contributed by atoms with Gasteiger partial charge in [-0.2, -0.15) is 13.2 Å². The Morgan fingerprint density at radius 2 is 1.66 bits per heavy atom. The summed E-state index contributed by atoms with van der Waals surface area (Å²) in [6.45, 7) is 3.04. The van der Waals surface area contributed by atoms with Gasteiger partial charge in [-0.1, -0.05) is 62.2 Å². The number of halogens is 4. The van der Waals surface area contributed by atoms with E-state index in [9.17, 15) is 31.2 Å². The molecule has 0 saturated carbocycles. The van der Waals surface area contributed by atoms with Gasteiger partial charge >= 0.3 is 6.18 Å². The maximum Gasteiger partial charge on any atom is 0.416 e. The molecule has 8 nitrogen and oxygen atoms in total. The Bertz CT molecular complexity index is 1520. The highest BCUT2D eigenvalue weighted by Gasteiger charge is 2.37. The molecule has 3 aromatic rings. The molecule has 0 saturated heterocycles. The molecule has 44 heavy (non-hydrogen) atoms. The lowest BCUT2D eigenvalue weighted by Crippen LogP contribution is -2.52. The average molecular weight is 654 g/mol. The number of carbonyl (C=O) groups is 2. The predicted octanol–water partition coefficient (Wildman–Crippen LogP) is 6.29. The minimum Gasteiger partial charge on any atom is -0.497 e. The van der Waals surface area contributed by atoms with E-state index >= 15 is 0 Å². The monoisotopic (exact) mass is 653 g/mol. The molecule has 0 radical (unpaired) electrons. The smallest absolute Gasteiger partial charge is 0.416 e. The van der Waals surface area contributed by atoms with Crippen LogP contribution in [-0.2, 0) is 32.3 Å². The number of methoxy groups -OCH3 is 1. The minimum atomic E-state index is -4.81. The molecule has 0 aliphatic rings. The van der Waals surface area contributed by atoms with E-state index in [1.807, 2.05) is 6.92 Å². The number of hydrogen-bond donors (Lipinski definition) is 1. The summed E-state index contributed by atoms with van der Waals surface area (Å²) in [7, 11) is -3.10. The Labute approximate surface area is 260 Å². The molecule has 238 valence electrons. The largest absolute Gasteiger partial charge is 0.497 e. The molecule has 1 N–H and O–H groups in total. The standard InChI is InChI=1S/C31H35ClF3N3O5S/c1-4-6-18-36-30(40)27(5-2)37(20-22-12-15-24(43-3)16-13-22)29(39)21-38(44(41,42)25-10-8-7-9-11-25)28-19-23(31(33,34)35)14-17-26(28)32/h7-17,19,27H,4-6,18,20-21H2,1-3H3,(H,36,40)/t27-/m0/s1. The molecule has 0 unspecified atom stereocenters. The SMILES string of the molecule is CCCCNC(=O)[C@H](CC)N(Cc1ccc(OC)cc1)C(=O)CN(c1cc(C(F)(F)F)ccc1Cl)S(=O)(=O)c1ccccc1. The van der Waals surface area contributed by atoms with E-state index in [1.165, 1.54) is 36.3 Å². The summed E-state index contributed by atoms with van der Waals surface area (Å²) in [5, 5.41) is 2.51. The van der Waals surface area contributed by atoms with Gasteiger partial charge in [-0.05, 0) is 60.9 Å². The Morgan fingerprint density at radius 3 is 2.23 bits per heavy atom. The lowest BCUT2D eigenvalue weighted by molar-refractivity contribution is -0.140. The van der Waals surface area contributed by atoms with Gasteiger partial charge in [-0.25, -0.2) is 8.42 Å². The number of alkyl halides is 3. The maximum absolute atomic E-state index is 14.1. The van der Waals surface area contributed by atoms with Crippen molar-refractivity contribution in [1.29, 1.82) is 0 Å². The van der Waals surface area contributed by atoms with E-state index in [1.54, 1.807) is 37.3 Å². The summed E-state index contributed by atoms with van der Waals surface area (Å²) in [4.78, 5) is 28.4. The van der Waals surface area contributed by atoms with Crippen LogP contribution in [0.4, 0.5) is 18.9 Å². The molecular weight excluding hydrogens is 619 g/mol. The quantitative estimate of drug-likeness (QED) is 0.207. The number of nitrogens with one attached hydrogen (secondary N) is 1. The van der Waals surface area contributed by atoms with Crippen molar-refractivity contribution >= 4 is 39.1 Å². The molecule has 0 heterocycles. The third-order valence-electron chi connectivity index (χ3n) is 6.88. The highest BCUT2D eigenvalue weighted by Crippen LogP contribution is 2.37. The first-order valence-corrected chi connectivity index (χ1v) is 15.8. The van der Waals surface area contributed by atoms with Crippen molar-refractivity contribution in [2.24, 2.45) is 0 Å². The summed E-state index contributed by atoms with van der Waals surface area (Å²) in [5.41, 5.74) is -1.05. The van der Waals surface area contributed by atoms with Crippen LogP contribution in [-0.4, -0.2) is 51.4 Å². The third-order valence-corrected chi connectivity index (χ3v) is 8.97. The molecule has 3 aromatic carbocycles. The molecule has 0 bridgehead atoms. The van der Waals surface area contributed by atoms with Crippen molar-refractivity contribution in [1.82, 2.24) is 10.2 Å². The van der Waals surface area contributed by atoms with Crippen LogP contribution in [0.1, 0.15) is 44.2 Å². The molecule has 3 rings (SSSR count). The van der Waals surface area contributed by atoms with Crippen LogP contribution in [0.3, 0.4) is 0 Å². The third kappa shape index (κ3) is 8.66. The normalized spacial score (nSPS) is 12.3. The first-order chi connectivity index (χ1) is 20.8. The number of benzene rings is 3. The highest BCUT2D eigenvalue weighted by molar-refractivity contribution is 7.92. The van der Waals surface area contributed by atoms with Crippen LogP contribution < -0.4 is 14.4 Å². The van der Waals surface area contributed by atoms with Crippen molar-refractivity contribution in [2.75, 3.05) is 24.5 Å². The Kier molecular flexibility index (Phi) is 12.1. The lowest BCUT2D eigenvalue weighted by atomic mass is 10.1. The van der Waals surface area contributed by atoms with Crippen molar-refractivity contribution < 1.29 is 35.9 Å². The summed E-state index contributed by atoms with van der Waals surface area (Å²) in [6.07, 6.45) is -3.08. The number of hydrogen-bond acceptors (Lipinski definition) is 5. The molecule has 0 spiro atoms. The zero-order valence-electron chi connectivity index (χ0n) is 24.6. The Hall–Kier alpha value is -3.77. The lowest BCUT2D eigenvalue weighted by Gasteiger charge is -2.33. The van der Waals surface area contributed by atoms with Gasteiger partial charge in [0.25, 0.3) is 10.0 Å². The minimum absolute atomic E-state index is 0.0852. The summed E-state index contributed by atoms with van der Waals surface area (Å²) in [5.74, 6) is -0.682. The van der Waals surface area contributed by atoms with Gasteiger partial charge in [0.05, 0.1) is 28.3 Å². The number of anilines is 1. The fourth-order valence-corrected chi connectivity index (χ4v) is 6.18. The van der Waals surface area contributed by atoms with Crippen molar-refractivity contribution in [2.45, 2.75) is 56.8 Å². The van der Waals surface area contributed by atoms with Gasteiger partial charge in [-0.15, -0.1) is 0 Å². The second-order valence-electron chi connectivity index (χ2n) is 9.93. The molecule has 0 fully saturated rings. The van der Waals surface area contributed by atoms with E-state index < -0.39 is 51.9 Å². The first kappa shape index (κ1) is 34.7. The number of ether oxygens (including phenoxy) is 1. The number of amides is 2. The first-order valence-electron chi connectivity index (χ1n) is 14.0. The predicted molar refractivity (Wildman–Crippen MR) is 163 cm³/mol. The van der Waals surface area contributed by atoms with Gasteiger partial charge in [-0.3, -0.25) is 13.9 Å². The second-order valence-corrected chi connectivity index (χ2v) is 12.2. The van der Waals surface area contributed by atoms with Crippen molar-refractivity contribution in [3.63, 3.8) is 0 Å². The topological polar surface area (TPSA) is 96.0 Å². The molecule has 0 aliphatic carbocycles. The zero-order chi connectivity index (χ0) is 32.5. The fraction of sp³-hybridized carbons (Fsp3) is 0.355. The van der Waals surface area contributed by atoms with Crippen molar-refractivity contribution in [3.05, 3.63) is 88.9 Å². The van der Waals surface area contributed by atoms with E-state index in [-0.39, 0.29) is 22.9 Å². The molecule has 13 heteroatoms. The van der Waals surface area contributed by atoms with Crippen LogP contribution in [0.25, 0.3) is 0 Å². The Balaban J connectivity index is 2.12. The van der Waals surface area contributed by atoms with Crippen LogP contribution in [0.5, 0.6) is 5.75 Å². The van der Waals surface area contributed by atoms with E-state index in [0.29, 0.717) is 34.7 Å². The molecular formula is C31H35ClF3N3O5S. The fourth-order valence-electron chi connectivity index (χ4n) is 4.47. The van der Waals surface area contributed by atoms with Gasteiger partial charge in [0.2, 0.25) is 11.8 Å². The molecule has 0 aromatic heterocycles. The van der Waals surface area contributed by atoms with Gasteiger partial charge < -0.3 is 15.0 Å². The number of unbranched alkanes of at least 4 members (excludes halogenated alkanes) is 1. The van der Waals surface area contributed by atoms with Crippen LogP contribution in [0.15, 0.2) is 77.7 Å². The molecule has 2 amide bonds. The van der Waals surface area contributed by atoms with E-state index in [4.69, 9.17) is 16.3 Å². The van der Waals surface area contributed by atoms with Gasteiger partial charge in [0.15, 0.2) is 0 Å². The van der Waals surface area contributed by atoms with Crippen LogP contribution >= 0.6 is 11.6 Å². The summed E-state index contributed by atoms with van der Waals surface area (Å²) in [6, 6.07) is 15.0. The average Bonchev–Trinajstić information content (AvgIpc) is 3.00. The highest BCUT2D eigenvalue weighted by atomic mass is 35.5. The molecule has 0 aliphatic heterocycles. The number of rotatable bonds is 14.